The van der Waals surface area contributed by atoms with Gasteiger partial charge in [0.25, 0.3) is 0 Å². The molecule has 2 heterocycles. The molecular weight excluding hydrogens is 342 g/mol. The molecule has 7 heteroatoms. The lowest BCUT2D eigenvalue weighted by atomic mass is 9.99. The van der Waals surface area contributed by atoms with Gasteiger partial charge in [-0.15, -0.1) is 0 Å². The molecule has 0 unspecified atom stereocenters. The number of carboxylic acids is 1. The van der Waals surface area contributed by atoms with E-state index in [0.29, 0.717) is 29.2 Å². The van der Waals surface area contributed by atoms with Crippen molar-refractivity contribution in [2.45, 2.75) is 25.8 Å². The van der Waals surface area contributed by atoms with Crippen molar-refractivity contribution in [2.75, 3.05) is 18.9 Å². The smallest absolute Gasteiger partial charge is 0.356 e. The van der Waals surface area contributed by atoms with Crippen LogP contribution in [0.1, 0.15) is 47.4 Å². The van der Waals surface area contributed by atoms with Gasteiger partial charge in [-0.05, 0) is 30.2 Å². The van der Waals surface area contributed by atoms with Gasteiger partial charge in [-0.3, -0.25) is 0 Å². The fraction of sp³-hybridized carbons (Fsp3) is 0.300. The molecule has 0 radical (unpaired) electrons. The molecular formula is C20H23N5O2. The Hall–Kier alpha value is -3.06. The number of aromatic nitrogens is 3. The van der Waals surface area contributed by atoms with Crippen molar-refractivity contribution in [3.8, 4) is 0 Å². The Balaban J connectivity index is 1.97. The van der Waals surface area contributed by atoms with Crippen LogP contribution in [0.15, 0.2) is 42.9 Å². The third-order valence-electron chi connectivity index (χ3n) is 4.48. The SMILES string of the molecule is CNC[C@@H](Nc1ncnc2c(C(=O)O)nccc12)c1ccc(C(C)C)cc1. The van der Waals surface area contributed by atoms with Crippen LogP contribution in [-0.4, -0.2) is 39.6 Å². The van der Waals surface area contributed by atoms with Gasteiger partial charge < -0.3 is 15.7 Å². The van der Waals surface area contributed by atoms with Gasteiger partial charge in [0.1, 0.15) is 17.7 Å². The number of nitrogens with zero attached hydrogens (tertiary/aromatic N) is 3. The zero-order valence-electron chi connectivity index (χ0n) is 15.6. The Bertz CT molecular complexity index is 941. The largest absolute Gasteiger partial charge is 0.476 e. The van der Waals surface area contributed by atoms with Gasteiger partial charge in [0.15, 0.2) is 5.69 Å². The van der Waals surface area contributed by atoms with E-state index in [4.69, 9.17) is 0 Å². The highest BCUT2D eigenvalue weighted by molar-refractivity contribution is 6.02. The second-order valence-corrected chi connectivity index (χ2v) is 6.66. The Morgan fingerprint density at radius 2 is 1.78 bits per heavy atom. The summed E-state index contributed by atoms with van der Waals surface area (Å²) < 4.78 is 0. The molecule has 0 saturated heterocycles. The van der Waals surface area contributed by atoms with Crippen molar-refractivity contribution in [3.05, 3.63) is 59.7 Å². The summed E-state index contributed by atoms with van der Waals surface area (Å²) in [4.78, 5) is 23.8. The minimum atomic E-state index is -1.11. The highest BCUT2D eigenvalue weighted by Crippen LogP contribution is 2.26. The number of aromatic carboxylic acids is 1. The monoisotopic (exact) mass is 365 g/mol. The molecule has 0 fully saturated rings. The molecule has 0 aliphatic heterocycles. The lowest BCUT2D eigenvalue weighted by molar-refractivity contribution is 0.0692. The van der Waals surface area contributed by atoms with E-state index in [1.165, 1.54) is 18.1 Å². The average Bonchev–Trinajstić information content (AvgIpc) is 2.67. The van der Waals surface area contributed by atoms with Gasteiger partial charge in [0.2, 0.25) is 0 Å². The number of rotatable bonds is 7. The maximum absolute atomic E-state index is 11.4. The summed E-state index contributed by atoms with van der Waals surface area (Å²) >= 11 is 0. The lowest BCUT2D eigenvalue weighted by Gasteiger charge is -2.21. The average molecular weight is 365 g/mol. The summed E-state index contributed by atoms with van der Waals surface area (Å²) in [5.41, 5.74) is 2.64. The summed E-state index contributed by atoms with van der Waals surface area (Å²) in [5, 5.41) is 16.6. The Morgan fingerprint density at radius 1 is 1.07 bits per heavy atom. The zero-order valence-corrected chi connectivity index (χ0v) is 15.6. The molecule has 0 amide bonds. The van der Waals surface area contributed by atoms with Crippen LogP contribution < -0.4 is 10.6 Å². The first-order chi connectivity index (χ1) is 13.0. The van der Waals surface area contributed by atoms with E-state index >= 15 is 0 Å². The predicted molar refractivity (Wildman–Crippen MR) is 105 cm³/mol. The minimum absolute atomic E-state index is 0.0317. The van der Waals surface area contributed by atoms with Crippen LogP contribution in [0.3, 0.4) is 0 Å². The van der Waals surface area contributed by atoms with Crippen LogP contribution in [0.25, 0.3) is 10.9 Å². The number of hydrogen-bond donors (Lipinski definition) is 3. The fourth-order valence-corrected chi connectivity index (χ4v) is 3.00. The first-order valence-electron chi connectivity index (χ1n) is 8.85. The van der Waals surface area contributed by atoms with Crippen molar-refractivity contribution in [2.24, 2.45) is 0 Å². The molecule has 140 valence electrons. The maximum atomic E-state index is 11.4. The van der Waals surface area contributed by atoms with E-state index in [9.17, 15) is 9.90 Å². The van der Waals surface area contributed by atoms with Crippen LogP contribution in [0.5, 0.6) is 0 Å². The Morgan fingerprint density at radius 3 is 2.41 bits per heavy atom. The molecule has 3 N–H and O–H groups in total. The van der Waals surface area contributed by atoms with Gasteiger partial charge in [-0.2, -0.15) is 0 Å². The number of nitrogens with one attached hydrogen (secondary N) is 2. The van der Waals surface area contributed by atoms with E-state index in [2.05, 4.69) is 63.7 Å². The number of benzene rings is 1. The highest BCUT2D eigenvalue weighted by atomic mass is 16.4. The molecule has 0 bridgehead atoms. The van der Waals surface area contributed by atoms with Crippen LogP contribution in [0, 0.1) is 0 Å². The van der Waals surface area contributed by atoms with Crippen LogP contribution >= 0.6 is 0 Å². The number of likely N-dealkylation sites (N-methyl/N-ethyl adjacent to an activating group) is 1. The van der Waals surface area contributed by atoms with Crippen LogP contribution in [-0.2, 0) is 0 Å². The maximum Gasteiger partial charge on any atom is 0.356 e. The van der Waals surface area contributed by atoms with Crippen molar-refractivity contribution >= 4 is 22.7 Å². The highest BCUT2D eigenvalue weighted by Gasteiger charge is 2.17. The molecule has 0 aliphatic carbocycles. The normalized spacial score (nSPS) is 12.3. The van der Waals surface area contributed by atoms with Gasteiger partial charge >= 0.3 is 5.97 Å². The van der Waals surface area contributed by atoms with E-state index in [1.807, 2.05) is 7.05 Å². The molecule has 3 aromatic rings. The van der Waals surface area contributed by atoms with Crippen LogP contribution in [0.4, 0.5) is 5.82 Å². The number of pyridine rings is 1. The van der Waals surface area contributed by atoms with E-state index in [1.54, 1.807) is 6.07 Å². The lowest BCUT2D eigenvalue weighted by Crippen LogP contribution is -2.24. The number of fused-ring (bicyclic) bond motifs is 1. The molecule has 1 atom stereocenters. The van der Waals surface area contributed by atoms with Crippen LogP contribution in [0.2, 0.25) is 0 Å². The standard InChI is InChI=1S/C20H23N5O2/c1-12(2)13-4-6-14(7-5-13)16(10-21-3)25-19-15-8-9-22-18(20(26)27)17(15)23-11-24-19/h4-9,11-12,16,21H,10H2,1-3H3,(H,26,27)(H,23,24,25)/t16-/m1/s1. The van der Waals surface area contributed by atoms with E-state index in [0.717, 1.165) is 5.56 Å². The van der Waals surface area contributed by atoms with E-state index in [-0.39, 0.29) is 11.7 Å². The summed E-state index contributed by atoms with van der Waals surface area (Å²) in [6.45, 7) is 5.02. The molecule has 0 spiro atoms. The van der Waals surface area contributed by atoms with Gasteiger partial charge in [0.05, 0.1) is 6.04 Å². The van der Waals surface area contributed by atoms with Crippen molar-refractivity contribution in [1.82, 2.24) is 20.3 Å². The van der Waals surface area contributed by atoms with Crippen molar-refractivity contribution < 1.29 is 9.90 Å². The van der Waals surface area contributed by atoms with Crippen molar-refractivity contribution in [3.63, 3.8) is 0 Å². The third kappa shape index (κ3) is 4.03. The number of carbonyl (C=O) groups is 1. The number of anilines is 1. The zero-order chi connectivity index (χ0) is 19.4. The molecule has 27 heavy (non-hydrogen) atoms. The fourth-order valence-electron chi connectivity index (χ4n) is 3.00. The summed E-state index contributed by atoms with van der Waals surface area (Å²) in [5.74, 6) is -0.0538. The molecule has 3 rings (SSSR count). The topological polar surface area (TPSA) is 100 Å². The summed E-state index contributed by atoms with van der Waals surface area (Å²) in [6, 6.07) is 10.2. The number of hydrogen-bond acceptors (Lipinski definition) is 6. The van der Waals surface area contributed by atoms with Crippen molar-refractivity contribution in [1.29, 1.82) is 0 Å². The second kappa shape index (κ2) is 8.09. The predicted octanol–water partition coefficient (Wildman–Crippen LogP) is 3.22. The minimum Gasteiger partial charge on any atom is -0.476 e. The van der Waals surface area contributed by atoms with Gasteiger partial charge in [-0.1, -0.05) is 38.1 Å². The second-order valence-electron chi connectivity index (χ2n) is 6.66. The Labute approximate surface area is 157 Å². The molecule has 7 nitrogen and oxygen atoms in total. The van der Waals surface area contributed by atoms with E-state index < -0.39 is 5.97 Å². The van der Waals surface area contributed by atoms with Gasteiger partial charge in [0, 0.05) is 18.1 Å². The first-order valence-corrected chi connectivity index (χ1v) is 8.85. The number of carboxylic acid groups (broad SMARTS) is 1. The molecule has 2 aromatic heterocycles. The molecule has 0 saturated carbocycles. The quantitative estimate of drug-likeness (QED) is 0.591. The summed E-state index contributed by atoms with van der Waals surface area (Å²) in [7, 11) is 1.89. The summed E-state index contributed by atoms with van der Waals surface area (Å²) in [6.07, 6.45) is 2.82. The third-order valence-corrected chi connectivity index (χ3v) is 4.48. The molecule has 1 aromatic carbocycles. The Kier molecular flexibility index (Phi) is 5.61. The molecule has 0 aliphatic rings. The van der Waals surface area contributed by atoms with Gasteiger partial charge in [-0.25, -0.2) is 19.7 Å². The first kappa shape index (κ1) is 18.7.